The number of nitrogens with one attached hydrogen (secondary N) is 1. The van der Waals surface area contributed by atoms with Crippen molar-refractivity contribution in [2.45, 2.75) is 26.3 Å². The fourth-order valence-electron chi connectivity index (χ4n) is 2.33. The molecule has 0 aliphatic heterocycles. The maximum absolute atomic E-state index is 12.4. The van der Waals surface area contributed by atoms with Gasteiger partial charge in [-0.25, -0.2) is 9.78 Å². The predicted molar refractivity (Wildman–Crippen MR) is 99.4 cm³/mol. The van der Waals surface area contributed by atoms with Crippen molar-refractivity contribution < 1.29 is 14.7 Å². The Labute approximate surface area is 155 Å². The average Bonchev–Trinajstić information content (AvgIpc) is 2.99. The fourth-order valence-corrected chi connectivity index (χ4v) is 3.30. The van der Waals surface area contributed by atoms with Crippen LogP contribution < -0.4 is 5.32 Å². The van der Waals surface area contributed by atoms with Crippen LogP contribution in [0.3, 0.4) is 0 Å². The van der Waals surface area contributed by atoms with Crippen molar-refractivity contribution in [2.24, 2.45) is 0 Å². The van der Waals surface area contributed by atoms with Gasteiger partial charge >= 0.3 is 6.09 Å². The molecule has 0 aliphatic rings. The van der Waals surface area contributed by atoms with Crippen molar-refractivity contribution in [1.82, 2.24) is 15.2 Å². The third-order valence-electron chi connectivity index (χ3n) is 3.53. The Morgan fingerprint density at radius 1 is 1.36 bits per heavy atom. The van der Waals surface area contributed by atoms with E-state index in [1.807, 2.05) is 12.1 Å². The Bertz CT molecular complexity index is 770. The van der Waals surface area contributed by atoms with Crippen LogP contribution in [0.15, 0.2) is 29.8 Å². The number of rotatable bonds is 5. The second-order valence-electron chi connectivity index (χ2n) is 6.40. The van der Waals surface area contributed by atoms with Crippen LogP contribution in [0.25, 0.3) is 10.4 Å². The Morgan fingerprint density at radius 2 is 2.08 bits per heavy atom. The minimum absolute atomic E-state index is 0.196. The van der Waals surface area contributed by atoms with Crippen molar-refractivity contribution in [1.29, 1.82) is 0 Å². The molecular weight excluding hydrogens is 362 g/mol. The van der Waals surface area contributed by atoms with Gasteiger partial charge in [0.05, 0.1) is 10.4 Å². The number of hydrogen-bond donors (Lipinski definition) is 2. The Morgan fingerprint density at radius 3 is 2.68 bits per heavy atom. The number of carbonyl (C=O) groups is 2. The van der Waals surface area contributed by atoms with Crippen molar-refractivity contribution in [3.8, 4) is 10.4 Å². The van der Waals surface area contributed by atoms with Gasteiger partial charge in [-0.2, -0.15) is 0 Å². The van der Waals surface area contributed by atoms with E-state index in [-0.39, 0.29) is 19.0 Å². The fraction of sp³-hybridized carbons (Fsp3) is 0.353. The van der Waals surface area contributed by atoms with Gasteiger partial charge in [0, 0.05) is 23.7 Å². The van der Waals surface area contributed by atoms with Crippen LogP contribution in [-0.4, -0.2) is 45.6 Å². The molecule has 25 heavy (non-hydrogen) atoms. The summed E-state index contributed by atoms with van der Waals surface area (Å²) in [6, 6.07) is 7.21. The second kappa shape index (κ2) is 7.84. The number of nitrogens with zero attached hydrogens (tertiary/aromatic N) is 2. The van der Waals surface area contributed by atoms with E-state index in [4.69, 9.17) is 11.6 Å². The SMILES string of the molecule is CC(C)(C)N(CCNC(=O)c1ncsc1-c1cccc(Cl)c1)C(=O)O. The zero-order valence-electron chi connectivity index (χ0n) is 14.2. The first-order chi connectivity index (χ1) is 11.7. The first kappa shape index (κ1) is 19.2. The molecule has 8 heteroatoms. The molecule has 2 aromatic rings. The van der Waals surface area contributed by atoms with Crippen molar-refractivity contribution >= 4 is 34.9 Å². The van der Waals surface area contributed by atoms with E-state index in [2.05, 4.69) is 10.3 Å². The standard InChI is InChI=1S/C17H20ClN3O3S/c1-17(2,3)21(16(23)24)8-7-19-15(22)13-14(25-10-20-13)11-5-4-6-12(18)9-11/h4-6,9-10H,7-8H2,1-3H3,(H,19,22)(H,23,24). The zero-order chi connectivity index (χ0) is 18.6. The number of hydrogen-bond acceptors (Lipinski definition) is 4. The normalized spacial score (nSPS) is 11.2. The number of aromatic nitrogens is 1. The molecule has 0 aliphatic carbocycles. The van der Waals surface area contributed by atoms with Crippen molar-refractivity contribution in [2.75, 3.05) is 13.1 Å². The molecule has 0 atom stereocenters. The summed E-state index contributed by atoms with van der Waals surface area (Å²) in [5, 5.41) is 12.6. The molecule has 134 valence electrons. The lowest BCUT2D eigenvalue weighted by molar-refractivity contribution is 0.0889. The quantitative estimate of drug-likeness (QED) is 0.820. The van der Waals surface area contributed by atoms with Crippen LogP contribution in [0.4, 0.5) is 4.79 Å². The van der Waals surface area contributed by atoms with E-state index in [1.54, 1.807) is 38.4 Å². The second-order valence-corrected chi connectivity index (χ2v) is 7.69. The van der Waals surface area contributed by atoms with E-state index in [0.717, 1.165) is 10.4 Å². The Hall–Kier alpha value is -2.12. The lowest BCUT2D eigenvalue weighted by Gasteiger charge is -2.33. The number of carbonyl (C=O) groups excluding carboxylic acids is 1. The molecule has 1 heterocycles. The highest BCUT2D eigenvalue weighted by Crippen LogP contribution is 2.29. The molecule has 0 fully saturated rings. The third kappa shape index (κ3) is 4.93. The maximum atomic E-state index is 12.4. The van der Waals surface area contributed by atoms with Gasteiger partial charge < -0.3 is 15.3 Å². The van der Waals surface area contributed by atoms with Gasteiger partial charge in [-0.05, 0) is 38.5 Å². The highest BCUT2D eigenvalue weighted by atomic mass is 35.5. The molecule has 2 rings (SSSR count). The van der Waals surface area contributed by atoms with E-state index in [0.29, 0.717) is 10.7 Å². The summed E-state index contributed by atoms with van der Waals surface area (Å²) in [5.74, 6) is -0.338. The Kier molecular flexibility index (Phi) is 6.02. The largest absolute Gasteiger partial charge is 0.465 e. The number of amides is 2. The monoisotopic (exact) mass is 381 g/mol. The van der Waals surface area contributed by atoms with Gasteiger partial charge in [0.15, 0.2) is 0 Å². The number of thiazole rings is 1. The smallest absolute Gasteiger partial charge is 0.407 e. The first-order valence-corrected chi connectivity index (χ1v) is 8.94. The molecular formula is C17H20ClN3O3S. The summed E-state index contributed by atoms with van der Waals surface area (Å²) in [6.07, 6.45) is -1.02. The van der Waals surface area contributed by atoms with Crippen LogP contribution in [0.1, 0.15) is 31.3 Å². The minimum atomic E-state index is -1.02. The summed E-state index contributed by atoms with van der Waals surface area (Å²) in [7, 11) is 0. The van der Waals surface area contributed by atoms with Gasteiger partial charge in [-0.15, -0.1) is 11.3 Å². The lowest BCUT2D eigenvalue weighted by Crippen LogP contribution is -2.48. The molecule has 2 amide bonds. The number of carboxylic acid groups (broad SMARTS) is 1. The van der Waals surface area contributed by atoms with Gasteiger partial charge in [0.25, 0.3) is 5.91 Å². The highest BCUT2D eigenvalue weighted by Gasteiger charge is 2.26. The topological polar surface area (TPSA) is 82.5 Å². The number of halogens is 1. The third-order valence-corrected chi connectivity index (χ3v) is 4.64. The highest BCUT2D eigenvalue weighted by molar-refractivity contribution is 7.13. The van der Waals surface area contributed by atoms with E-state index in [9.17, 15) is 14.7 Å². The molecule has 1 aromatic heterocycles. The summed E-state index contributed by atoms with van der Waals surface area (Å²) in [5.41, 5.74) is 2.19. The number of benzene rings is 1. The molecule has 0 saturated carbocycles. The van der Waals surface area contributed by atoms with Crippen LogP contribution in [-0.2, 0) is 0 Å². The molecule has 2 N–H and O–H groups in total. The Balaban J connectivity index is 2.06. The van der Waals surface area contributed by atoms with Gasteiger partial charge in [0.1, 0.15) is 5.69 Å². The average molecular weight is 382 g/mol. The summed E-state index contributed by atoms with van der Waals surface area (Å²) in [4.78, 5) is 29.9. The molecule has 1 aromatic carbocycles. The van der Waals surface area contributed by atoms with E-state index in [1.165, 1.54) is 16.2 Å². The van der Waals surface area contributed by atoms with Crippen LogP contribution in [0, 0.1) is 0 Å². The lowest BCUT2D eigenvalue weighted by atomic mass is 10.1. The maximum Gasteiger partial charge on any atom is 0.407 e. The molecule has 0 spiro atoms. The zero-order valence-corrected chi connectivity index (χ0v) is 15.8. The molecule has 6 nitrogen and oxygen atoms in total. The first-order valence-electron chi connectivity index (χ1n) is 7.68. The summed E-state index contributed by atoms with van der Waals surface area (Å²) >= 11 is 7.36. The van der Waals surface area contributed by atoms with Crippen LogP contribution >= 0.6 is 22.9 Å². The summed E-state index contributed by atoms with van der Waals surface area (Å²) < 4.78 is 0. The van der Waals surface area contributed by atoms with E-state index >= 15 is 0 Å². The van der Waals surface area contributed by atoms with Gasteiger partial charge in [0.2, 0.25) is 0 Å². The molecule has 0 saturated heterocycles. The summed E-state index contributed by atoms with van der Waals surface area (Å²) in [6.45, 7) is 5.82. The molecule has 0 unspecified atom stereocenters. The van der Waals surface area contributed by atoms with E-state index < -0.39 is 11.6 Å². The van der Waals surface area contributed by atoms with Crippen LogP contribution in [0.2, 0.25) is 5.02 Å². The van der Waals surface area contributed by atoms with Crippen molar-refractivity contribution in [3.63, 3.8) is 0 Å². The molecule has 0 bridgehead atoms. The van der Waals surface area contributed by atoms with Gasteiger partial charge in [-0.1, -0.05) is 23.7 Å². The molecule has 0 radical (unpaired) electrons. The predicted octanol–water partition coefficient (Wildman–Crippen LogP) is 3.97. The minimum Gasteiger partial charge on any atom is -0.465 e. The van der Waals surface area contributed by atoms with Crippen molar-refractivity contribution in [3.05, 3.63) is 40.5 Å². The van der Waals surface area contributed by atoms with Gasteiger partial charge in [-0.3, -0.25) is 4.79 Å². The van der Waals surface area contributed by atoms with Crippen LogP contribution in [0.5, 0.6) is 0 Å².